The Morgan fingerprint density at radius 2 is 0.860 bits per heavy atom. The Hall–Kier alpha value is -8.14. The number of fused-ring (bicyclic) bond motifs is 2. The molecule has 0 aromatic heterocycles. The summed E-state index contributed by atoms with van der Waals surface area (Å²) in [6, 6.07) is 48.7. The topological polar surface area (TPSA) is 186 Å². The number of ether oxygens (including phenoxy) is 1. The summed E-state index contributed by atoms with van der Waals surface area (Å²) in [7, 11) is 0. The molecular weight excluding hydrogens is 1170 g/mol. The first kappa shape index (κ1) is 62.4. The van der Waals surface area contributed by atoms with Gasteiger partial charge < -0.3 is 40.9 Å². The number of urea groups is 2. The fourth-order valence-corrected chi connectivity index (χ4v) is 12.1. The van der Waals surface area contributed by atoms with Crippen molar-refractivity contribution in [3.05, 3.63) is 222 Å². The second-order valence-electron chi connectivity index (χ2n) is 22.8. The first-order chi connectivity index (χ1) is 41.0. The van der Waals surface area contributed by atoms with Crippen molar-refractivity contribution < 1.29 is 38.6 Å². The number of esters is 1. The molecule has 0 unspecified atom stereocenters. The number of nitrogens with zero attached hydrogens (tertiary/aromatic N) is 2. The van der Waals surface area contributed by atoms with Crippen LogP contribution in [0.3, 0.4) is 0 Å². The molecule has 0 radical (unpaired) electrons. The molecule has 2 aliphatic rings. The second kappa shape index (κ2) is 27.5. The van der Waals surface area contributed by atoms with Gasteiger partial charge in [-0.2, -0.15) is 0 Å². The van der Waals surface area contributed by atoms with Crippen LogP contribution in [0.15, 0.2) is 158 Å². The van der Waals surface area contributed by atoms with Gasteiger partial charge in [0.05, 0.1) is 24.9 Å². The molecule has 0 aliphatic carbocycles. The first-order valence-electron chi connectivity index (χ1n) is 28.3. The summed E-state index contributed by atoms with van der Waals surface area (Å²) in [5.74, 6) is -1.97. The van der Waals surface area contributed by atoms with Crippen molar-refractivity contribution in [3.63, 3.8) is 0 Å². The zero-order valence-corrected chi connectivity index (χ0v) is 51.2. The van der Waals surface area contributed by atoms with E-state index in [9.17, 15) is 28.8 Å². The third-order valence-electron chi connectivity index (χ3n) is 15.1. The van der Waals surface area contributed by atoms with E-state index in [2.05, 4.69) is 108 Å². The number of hydrogen-bond acceptors (Lipinski definition) is 7. The zero-order chi connectivity index (χ0) is 61.4. The van der Waals surface area contributed by atoms with Gasteiger partial charge in [-0.3, -0.25) is 19.2 Å². The number of amides is 6. The van der Waals surface area contributed by atoms with Gasteiger partial charge in [0, 0.05) is 80.6 Å². The van der Waals surface area contributed by atoms with Crippen molar-refractivity contribution in [2.24, 2.45) is 0 Å². The molecule has 2 heterocycles. The number of aryl methyl sites for hydroxylation is 2. The van der Waals surface area contributed by atoms with Crippen LogP contribution in [0.2, 0.25) is 20.1 Å². The lowest BCUT2D eigenvalue weighted by molar-refractivity contribution is -0.154. The number of rotatable bonds is 14. The molecule has 2 aliphatic heterocycles. The number of anilines is 2. The average Bonchev–Trinajstić information content (AvgIpc) is 2.19. The minimum Gasteiger partial charge on any atom is -0.481 e. The van der Waals surface area contributed by atoms with Gasteiger partial charge in [0.1, 0.15) is 5.60 Å². The van der Waals surface area contributed by atoms with Crippen LogP contribution < -0.4 is 21.3 Å². The number of halogens is 4. The Morgan fingerprint density at radius 3 is 1.24 bits per heavy atom. The molecule has 5 N–H and O–H groups in total. The van der Waals surface area contributed by atoms with Crippen molar-refractivity contribution >= 4 is 115 Å². The molecule has 86 heavy (non-hydrogen) atoms. The van der Waals surface area contributed by atoms with E-state index in [4.69, 9.17) is 56.2 Å². The number of likely N-dealkylation sites (tertiary alicyclic amines) is 2. The summed E-state index contributed by atoms with van der Waals surface area (Å²) in [5, 5.41) is 26.8. The molecule has 0 saturated carbocycles. The lowest BCUT2D eigenvalue weighted by Gasteiger charge is -2.25. The number of carboxylic acids is 1. The maximum absolute atomic E-state index is 13.8. The Kier molecular flexibility index (Phi) is 19.9. The highest BCUT2D eigenvalue weighted by Crippen LogP contribution is 2.45. The van der Waals surface area contributed by atoms with E-state index in [0.717, 1.165) is 43.8 Å². The van der Waals surface area contributed by atoms with Gasteiger partial charge in [-0.25, -0.2) is 9.59 Å². The number of carboxylic acid groups (broad SMARTS) is 1. The Morgan fingerprint density at radius 1 is 0.488 bits per heavy atom. The summed E-state index contributed by atoms with van der Waals surface area (Å²) in [4.78, 5) is 78.6. The SMILES string of the molecule is Cc1ccc2cc([C@H]3C[C@@H](c4cc(Cl)cc(Cl)c4)CN3C(=O)Nc3ccc(C(=O)NCCC(=O)O)cc3)ccc2c1.Cc1ccc2cc([C@H]3C[C@@H](c4cc(Cl)cc(Cl)c4)CN3C(=O)Nc3ccc(C(=O)NCCC(=O)OC(C)(C)C)cc3)ccc2c1. The zero-order valence-electron chi connectivity index (χ0n) is 48.2. The van der Waals surface area contributed by atoms with E-state index in [1.54, 1.807) is 81.4 Å². The normalized spacial score (nSPS) is 16.5. The molecule has 2 saturated heterocycles. The van der Waals surface area contributed by atoms with Crippen molar-refractivity contribution in [1.29, 1.82) is 0 Å². The monoisotopic (exact) mass is 1230 g/mol. The molecule has 8 aromatic carbocycles. The lowest BCUT2D eigenvalue weighted by Crippen LogP contribution is -2.35. The van der Waals surface area contributed by atoms with Gasteiger partial charge in [-0.1, -0.05) is 118 Å². The molecule has 6 amide bonds. The standard InChI is InChI=1S/C36H37Cl2N3O4.C32H29Cl2N3O4/c1-22-5-6-25-16-26(8-7-24(25)15-22)32-19-28(27-17-29(37)20-30(38)18-27)21-41(32)35(44)40-31-11-9-23(10-12-31)34(43)39-14-13-33(42)45-36(2,3)4;1-19-2-3-22-13-23(5-4-21(22)12-19)29-16-25(24-14-26(33)17-27(34)15-24)18-37(29)32(41)36-28-8-6-20(7-9-28)31(40)35-11-10-30(38)39/h5-12,15-18,20,28,32H,13-14,19,21H2,1-4H3,(H,39,43)(H,40,44);2-9,12-15,17,25,29H,10-11,16,18H2,1H3,(H,35,40)(H,36,41)(H,38,39)/t28-,32-;25-,29-/m11/s1. The van der Waals surface area contributed by atoms with E-state index >= 15 is 0 Å². The van der Waals surface area contributed by atoms with Crippen LogP contribution in [0.1, 0.15) is 124 Å². The molecular formula is C68H66Cl4N6O8. The number of aliphatic carboxylic acids is 1. The fraction of sp³-hybridized carbons (Fsp3) is 0.265. The van der Waals surface area contributed by atoms with E-state index in [0.29, 0.717) is 68.5 Å². The number of hydrogen-bond donors (Lipinski definition) is 5. The summed E-state index contributed by atoms with van der Waals surface area (Å²) >= 11 is 25.3. The van der Waals surface area contributed by atoms with Crippen LogP contribution in [0.5, 0.6) is 0 Å². The average molecular weight is 1240 g/mol. The van der Waals surface area contributed by atoms with Crippen LogP contribution in [0, 0.1) is 13.8 Å². The van der Waals surface area contributed by atoms with E-state index in [1.165, 1.54) is 11.1 Å². The summed E-state index contributed by atoms with van der Waals surface area (Å²) in [5.41, 5.74) is 7.77. The Bertz CT molecular complexity index is 3810. The molecule has 0 bridgehead atoms. The highest BCUT2D eigenvalue weighted by atomic mass is 35.5. The smallest absolute Gasteiger partial charge is 0.322 e. The van der Waals surface area contributed by atoms with Gasteiger partial charge in [-0.15, -0.1) is 0 Å². The predicted molar refractivity (Wildman–Crippen MR) is 342 cm³/mol. The third-order valence-corrected chi connectivity index (χ3v) is 16.0. The minimum atomic E-state index is -0.983. The molecule has 0 spiro atoms. The number of carbonyl (C=O) groups is 6. The maximum atomic E-state index is 13.8. The molecule has 2 fully saturated rings. The second-order valence-corrected chi connectivity index (χ2v) is 24.6. The van der Waals surface area contributed by atoms with E-state index in [1.807, 2.05) is 34.1 Å². The summed E-state index contributed by atoms with van der Waals surface area (Å²) in [6.07, 6.45) is 1.34. The van der Waals surface area contributed by atoms with Gasteiger partial charge in [-0.05, 0) is 188 Å². The number of benzene rings is 8. The molecule has 4 atom stereocenters. The van der Waals surface area contributed by atoms with Crippen LogP contribution in [0.4, 0.5) is 21.0 Å². The Labute approximate surface area is 520 Å². The highest BCUT2D eigenvalue weighted by molar-refractivity contribution is 6.35. The molecule has 14 nitrogen and oxygen atoms in total. The van der Waals surface area contributed by atoms with Gasteiger partial charge in [0.2, 0.25) is 0 Å². The predicted octanol–water partition coefficient (Wildman–Crippen LogP) is 16.1. The molecule has 444 valence electrons. The number of nitrogens with one attached hydrogen (secondary N) is 4. The van der Waals surface area contributed by atoms with Crippen molar-refractivity contribution in [2.45, 2.75) is 89.8 Å². The van der Waals surface area contributed by atoms with Crippen LogP contribution in [-0.2, 0) is 14.3 Å². The molecule has 18 heteroatoms. The van der Waals surface area contributed by atoms with Crippen molar-refractivity contribution in [3.8, 4) is 0 Å². The maximum Gasteiger partial charge on any atom is 0.322 e. The van der Waals surface area contributed by atoms with Crippen LogP contribution in [0.25, 0.3) is 21.5 Å². The molecule has 10 rings (SSSR count). The van der Waals surface area contributed by atoms with Crippen LogP contribution >= 0.6 is 46.4 Å². The quantitative estimate of drug-likeness (QED) is 0.0666. The van der Waals surface area contributed by atoms with Gasteiger partial charge >= 0.3 is 24.0 Å². The van der Waals surface area contributed by atoms with Crippen LogP contribution in [-0.4, -0.2) is 82.5 Å². The number of carbonyl (C=O) groups excluding carboxylic acids is 5. The minimum absolute atomic E-state index is 0.0348. The first-order valence-corrected chi connectivity index (χ1v) is 29.8. The highest BCUT2D eigenvalue weighted by Gasteiger charge is 2.39. The largest absolute Gasteiger partial charge is 0.481 e. The van der Waals surface area contributed by atoms with Crippen molar-refractivity contribution in [1.82, 2.24) is 20.4 Å². The molecule has 8 aromatic rings. The van der Waals surface area contributed by atoms with E-state index < -0.39 is 11.6 Å². The summed E-state index contributed by atoms with van der Waals surface area (Å²) < 4.78 is 5.27. The van der Waals surface area contributed by atoms with E-state index in [-0.39, 0.29) is 79.7 Å². The third kappa shape index (κ3) is 16.4. The van der Waals surface area contributed by atoms with Crippen molar-refractivity contribution in [2.75, 3.05) is 36.8 Å². The Balaban J connectivity index is 0.000000206. The fourth-order valence-electron chi connectivity index (χ4n) is 11.0. The lowest BCUT2D eigenvalue weighted by atomic mass is 9.93. The van der Waals surface area contributed by atoms with Gasteiger partial charge in [0.15, 0.2) is 0 Å². The van der Waals surface area contributed by atoms with Gasteiger partial charge in [0.25, 0.3) is 11.8 Å². The summed E-state index contributed by atoms with van der Waals surface area (Å²) in [6.45, 7) is 10.7.